The summed E-state index contributed by atoms with van der Waals surface area (Å²) in [5.41, 5.74) is 5.26. The highest BCUT2D eigenvalue weighted by Crippen LogP contribution is 2.10. The zero-order valence-corrected chi connectivity index (χ0v) is 9.02. The van der Waals surface area contributed by atoms with Gasteiger partial charge in [-0.05, 0) is 13.8 Å². The van der Waals surface area contributed by atoms with Gasteiger partial charge in [-0.1, -0.05) is 10.2 Å². The zero-order valence-electron chi connectivity index (χ0n) is 9.02. The Kier molecular flexibility index (Phi) is 3.48. The topological polar surface area (TPSA) is 97.3 Å². The summed E-state index contributed by atoms with van der Waals surface area (Å²) in [6.07, 6.45) is 0. The maximum atomic E-state index is 11.4. The Morgan fingerprint density at radius 2 is 2.27 bits per heavy atom. The first-order valence-corrected chi connectivity index (χ1v) is 4.58. The van der Waals surface area contributed by atoms with E-state index >= 15 is 0 Å². The molecular formula is C8H15N5O2. The SMILES string of the molecule is CC(C)NC(=O)CN(C)c1nnc(N)o1. The van der Waals surface area contributed by atoms with Gasteiger partial charge in [0.05, 0.1) is 0 Å². The van der Waals surface area contributed by atoms with Gasteiger partial charge in [0.15, 0.2) is 0 Å². The minimum absolute atomic E-state index is 0.0129. The van der Waals surface area contributed by atoms with Gasteiger partial charge in [-0.25, -0.2) is 0 Å². The van der Waals surface area contributed by atoms with Crippen molar-refractivity contribution in [2.24, 2.45) is 0 Å². The molecule has 0 bridgehead atoms. The molecule has 0 radical (unpaired) electrons. The molecule has 0 saturated heterocycles. The number of hydrogen-bond donors (Lipinski definition) is 2. The predicted molar refractivity (Wildman–Crippen MR) is 55.3 cm³/mol. The Morgan fingerprint density at radius 1 is 1.60 bits per heavy atom. The number of rotatable bonds is 4. The van der Waals surface area contributed by atoms with Crippen molar-refractivity contribution >= 4 is 17.9 Å². The van der Waals surface area contributed by atoms with Crippen LogP contribution in [-0.4, -0.2) is 35.7 Å². The predicted octanol–water partition coefficient (Wildman–Crippen LogP) is -0.387. The maximum absolute atomic E-state index is 11.4. The molecule has 1 aromatic rings. The largest absolute Gasteiger partial charge is 0.390 e. The smallest absolute Gasteiger partial charge is 0.319 e. The van der Waals surface area contributed by atoms with Gasteiger partial charge in [0.25, 0.3) is 0 Å². The Hall–Kier alpha value is -1.79. The van der Waals surface area contributed by atoms with E-state index in [1.165, 1.54) is 4.90 Å². The van der Waals surface area contributed by atoms with Crippen LogP contribution in [0.15, 0.2) is 4.42 Å². The van der Waals surface area contributed by atoms with Crippen molar-refractivity contribution in [3.63, 3.8) is 0 Å². The highest BCUT2D eigenvalue weighted by Gasteiger charge is 2.13. The van der Waals surface area contributed by atoms with Crippen molar-refractivity contribution in [1.82, 2.24) is 15.5 Å². The number of nitrogen functional groups attached to an aromatic ring is 1. The fraction of sp³-hybridized carbons (Fsp3) is 0.625. The Labute approximate surface area is 87.6 Å². The molecule has 1 rings (SSSR count). The number of carbonyl (C=O) groups is 1. The van der Waals surface area contributed by atoms with Crippen molar-refractivity contribution in [3.8, 4) is 0 Å². The molecule has 1 amide bonds. The van der Waals surface area contributed by atoms with Crippen LogP contribution in [0.25, 0.3) is 0 Å². The molecule has 0 unspecified atom stereocenters. The highest BCUT2D eigenvalue weighted by molar-refractivity contribution is 5.80. The van der Waals surface area contributed by atoms with Crippen LogP contribution in [0.5, 0.6) is 0 Å². The third-order valence-corrected chi connectivity index (χ3v) is 1.59. The number of nitrogens with zero attached hydrogens (tertiary/aromatic N) is 3. The first kappa shape index (κ1) is 11.3. The number of hydrogen-bond acceptors (Lipinski definition) is 6. The normalized spacial score (nSPS) is 10.4. The van der Waals surface area contributed by atoms with Crippen molar-refractivity contribution < 1.29 is 9.21 Å². The van der Waals surface area contributed by atoms with Crippen LogP contribution in [0, 0.1) is 0 Å². The first-order valence-electron chi connectivity index (χ1n) is 4.58. The molecule has 1 heterocycles. The molecule has 0 aliphatic heterocycles. The van der Waals surface area contributed by atoms with Gasteiger partial charge in [-0.3, -0.25) is 4.79 Å². The van der Waals surface area contributed by atoms with Crippen LogP contribution in [-0.2, 0) is 4.79 Å². The summed E-state index contributed by atoms with van der Waals surface area (Å²) in [7, 11) is 1.67. The summed E-state index contributed by atoms with van der Waals surface area (Å²) in [5, 5.41) is 9.89. The van der Waals surface area contributed by atoms with Crippen molar-refractivity contribution in [2.45, 2.75) is 19.9 Å². The number of anilines is 2. The molecule has 0 aliphatic rings. The van der Waals surface area contributed by atoms with Gasteiger partial charge < -0.3 is 20.4 Å². The van der Waals surface area contributed by atoms with E-state index < -0.39 is 0 Å². The molecule has 84 valence electrons. The first-order chi connectivity index (χ1) is 6.99. The van der Waals surface area contributed by atoms with Gasteiger partial charge >= 0.3 is 12.0 Å². The van der Waals surface area contributed by atoms with Crippen LogP contribution in [0.4, 0.5) is 12.0 Å². The van der Waals surface area contributed by atoms with Crippen molar-refractivity contribution in [2.75, 3.05) is 24.2 Å². The number of aromatic nitrogens is 2. The van der Waals surface area contributed by atoms with E-state index in [9.17, 15) is 4.79 Å². The van der Waals surface area contributed by atoms with Gasteiger partial charge in [0, 0.05) is 13.1 Å². The quantitative estimate of drug-likeness (QED) is 0.707. The summed E-state index contributed by atoms with van der Waals surface area (Å²) in [5.74, 6) is -0.107. The van der Waals surface area contributed by atoms with E-state index in [2.05, 4.69) is 15.5 Å². The van der Waals surface area contributed by atoms with Gasteiger partial charge in [-0.15, -0.1) is 0 Å². The van der Waals surface area contributed by atoms with E-state index in [1.807, 2.05) is 13.8 Å². The molecule has 0 saturated carbocycles. The van der Waals surface area contributed by atoms with Crippen LogP contribution in [0.3, 0.4) is 0 Å². The van der Waals surface area contributed by atoms with Crippen molar-refractivity contribution in [3.05, 3.63) is 0 Å². The second kappa shape index (κ2) is 4.63. The molecule has 0 fully saturated rings. The average molecular weight is 213 g/mol. The highest BCUT2D eigenvalue weighted by atomic mass is 16.4. The lowest BCUT2D eigenvalue weighted by Crippen LogP contribution is -2.38. The molecule has 15 heavy (non-hydrogen) atoms. The van der Waals surface area contributed by atoms with Crippen molar-refractivity contribution in [1.29, 1.82) is 0 Å². The molecule has 0 aromatic carbocycles. The Bertz CT molecular complexity index is 336. The Morgan fingerprint density at radius 3 is 2.73 bits per heavy atom. The number of amides is 1. The van der Waals surface area contributed by atoms with E-state index in [-0.39, 0.29) is 30.5 Å². The van der Waals surface area contributed by atoms with Gasteiger partial charge in [-0.2, -0.15) is 0 Å². The molecule has 0 atom stereocenters. The third-order valence-electron chi connectivity index (χ3n) is 1.59. The monoisotopic (exact) mass is 213 g/mol. The van der Waals surface area contributed by atoms with E-state index in [1.54, 1.807) is 7.05 Å². The number of nitrogens with one attached hydrogen (secondary N) is 1. The average Bonchev–Trinajstić information content (AvgIpc) is 2.49. The van der Waals surface area contributed by atoms with Crippen LogP contribution in [0.1, 0.15) is 13.8 Å². The molecule has 7 heteroatoms. The third kappa shape index (κ3) is 3.45. The number of likely N-dealkylation sites (N-methyl/N-ethyl adjacent to an activating group) is 1. The molecule has 3 N–H and O–H groups in total. The number of carbonyl (C=O) groups excluding carboxylic acids is 1. The lowest BCUT2D eigenvalue weighted by Gasteiger charge is -2.14. The fourth-order valence-electron chi connectivity index (χ4n) is 1.03. The minimum atomic E-state index is -0.107. The van der Waals surface area contributed by atoms with E-state index in [4.69, 9.17) is 10.2 Å². The second-order valence-corrected chi connectivity index (χ2v) is 3.50. The fourth-order valence-corrected chi connectivity index (χ4v) is 1.03. The van der Waals surface area contributed by atoms with Crippen LogP contribution < -0.4 is 16.0 Å². The summed E-state index contributed by atoms with van der Waals surface area (Å²) >= 11 is 0. The van der Waals surface area contributed by atoms with E-state index in [0.29, 0.717) is 0 Å². The lowest BCUT2D eigenvalue weighted by molar-refractivity contribution is -0.120. The summed E-state index contributed by atoms with van der Waals surface area (Å²) < 4.78 is 4.95. The maximum Gasteiger partial charge on any atom is 0.319 e. The number of nitrogens with two attached hydrogens (primary N) is 1. The lowest BCUT2D eigenvalue weighted by atomic mass is 10.4. The summed E-state index contributed by atoms with van der Waals surface area (Å²) in [6.45, 7) is 3.94. The second-order valence-electron chi connectivity index (χ2n) is 3.50. The molecule has 0 aliphatic carbocycles. The summed E-state index contributed by atoms with van der Waals surface area (Å²) in [6, 6.07) is 0.325. The van der Waals surface area contributed by atoms with Gasteiger partial charge in [0.2, 0.25) is 5.91 Å². The minimum Gasteiger partial charge on any atom is -0.390 e. The molecule has 1 aromatic heterocycles. The molecular weight excluding hydrogens is 198 g/mol. The molecule has 7 nitrogen and oxygen atoms in total. The Balaban J connectivity index is 2.48. The zero-order chi connectivity index (χ0) is 11.4. The standard InChI is InChI=1S/C8H15N5O2/c1-5(2)10-6(14)4-13(3)8-12-11-7(9)15-8/h5H,4H2,1-3H3,(H2,9,11)(H,10,14). The van der Waals surface area contributed by atoms with E-state index in [0.717, 1.165) is 0 Å². The summed E-state index contributed by atoms with van der Waals surface area (Å²) in [4.78, 5) is 12.9. The molecule has 0 spiro atoms. The van der Waals surface area contributed by atoms with Gasteiger partial charge in [0.1, 0.15) is 6.54 Å². The van der Waals surface area contributed by atoms with Crippen LogP contribution in [0.2, 0.25) is 0 Å². The van der Waals surface area contributed by atoms with Crippen LogP contribution >= 0.6 is 0 Å².